The van der Waals surface area contributed by atoms with Gasteiger partial charge in [-0.3, -0.25) is 0 Å². The van der Waals surface area contributed by atoms with E-state index in [9.17, 15) is 4.79 Å². The minimum Gasteiger partial charge on any atom is -0.462 e. The van der Waals surface area contributed by atoms with E-state index in [4.69, 9.17) is 27.9 Å². The number of benzene rings is 1. The maximum atomic E-state index is 12.3. The Hall–Kier alpha value is -1.82. The number of rotatable bonds is 7. The topological polar surface area (TPSA) is 54.5 Å². The Morgan fingerprint density at radius 1 is 1.25 bits per heavy atom. The molecule has 7 heteroatoms. The average molecular weight is 368 g/mol. The normalized spacial score (nSPS) is 10.7. The molecular formula is C17H19Cl2N3O2. The van der Waals surface area contributed by atoms with E-state index in [1.54, 1.807) is 36.5 Å². The Bertz CT molecular complexity index is 688. The summed E-state index contributed by atoms with van der Waals surface area (Å²) >= 11 is 12.0. The summed E-state index contributed by atoms with van der Waals surface area (Å²) in [5, 5.41) is 4.04. The summed E-state index contributed by atoms with van der Waals surface area (Å²) < 4.78 is 5.31. The number of carbonyl (C=O) groups is 1. The van der Waals surface area contributed by atoms with Crippen LogP contribution in [0, 0.1) is 0 Å². The fourth-order valence-corrected chi connectivity index (χ4v) is 2.58. The van der Waals surface area contributed by atoms with Gasteiger partial charge in [-0.2, -0.15) is 0 Å². The first-order valence-corrected chi connectivity index (χ1v) is 8.21. The van der Waals surface area contributed by atoms with Gasteiger partial charge in [0.15, 0.2) is 0 Å². The number of halogens is 2. The van der Waals surface area contributed by atoms with Crippen LogP contribution >= 0.6 is 23.2 Å². The molecule has 2 rings (SSSR count). The summed E-state index contributed by atoms with van der Waals surface area (Å²) in [6.07, 6.45) is 2.36. The quantitative estimate of drug-likeness (QED) is 0.585. The van der Waals surface area contributed by atoms with Crippen molar-refractivity contribution in [3.8, 4) is 0 Å². The predicted octanol–water partition coefficient (Wildman–Crippen LogP) is 4.24. The molecule has 5 nitrogen and oxygen atoms in total. The lowest BCUT2D eigenvalue weighted by Crippen LogP contribution is -2.16. The molecule has 0 radical (unpaired) electrons. The minimum absolute atomic E-state index is 0.355. The molecule has 0 bridgehead atoms. The number of nitrogens with one attached hydrogen (secondary N) is 1. The number of pyridine rings is 1. The SMILES string of the molecule is CN(C)CCCOC(=O)c1cccnc1Nc1cc(Cl)cc(Cl)c1. The van der Waals surface area contributed by atoms with Crippen LogP contribution in [-0.2, 0) is 4.74 Å². The van der Waals surface area contributed by atoms with E-state index in [-0.39, 0.29) is 0 Å². The second-order valence-corrected chi connectivity index (χ2v) is 6.35. The third-order valence-corrected chi connectivity index (χ3v) is 3.57. The number of hydrogen-bond donors (Lipinski definition) is 1. The second kappa shape index (κ2) is 8.87. The van der Waals surface area contributed by atoms with Gasteiger partial charge >= 0.3 is 5.97 Å². The number of hydrogen-bond acceptors (Lipinski definition) is 5. The Labute approximate surface area is 151 Å². The zero-order valence-electron chi connectivity index (χ0n) is 13.6. The first-order valence-electron chi connectivity index (χ1n) is 7.45. The van der Waals surface area contributed by atoms with Crippen molar-refractivity contribution in [1.29, 1.82) is 0 Å². The molecule has 128 valence electrons. The van der Waals surface area contributed by atoms with E-state index in [2.05, 4.69) is 10.3 Å². The molecule has 1 N–H and O–H groups in total. The number of anilines is 2. The van der Waals surface area contributed by atoms with E-state index >= 15 is 0 Å². The fraction of sp³-hybridized carbons (Fsp3) is 0.294. The number of carbonyl (C=O) groups excluding carboxylic acids is 1. The lowest BCUT2D eigenvalue weighted by Gasteiger charge is -2.12. The van der Waals surface area contributed by atoms with Gasteiger partial charge in [0, 0.05) is 28.5 Å². The van der Waals surface area contributed by atoms with E-state index in [1.807, 2.05) is 19.0 Å². The molecule has 0 aliphatic rings. The van der Waals surface area contributed by atoms with Crippen molar-refractivity contribution in [2.45, 2.75) is 6.42 Å². The molecule has 0 fully saturated rings. The zero-order valence-corrected chi connectivity index (χ0v) is 15.1. The largest absolute Gasteiger partial charge is 0.462 e. The lowest BCUT2D eigenvalue weighted by molar-refractivity contribution is 0.0494. The molecule has 0 atom stereocenters. The van der Waals surface area contributed by atoms with Crippen LogP contribution in [0.5, 0.6) is 0 Å². The summed E-state index contributed by atoms with van der Waals surface area (Å²) in [7, 11) is 3.95. The lowest BCUT2D eigenvalue weighted by atomic mass is 10.2. The number of nitrogens with zero attached hydrogens (tertiary/aromatic N) is 2. The summed E-state index contributed by atoms with van der Waals surface area (Å²) in [4.78, 5) is 18.5. The maximum Gasteiger partial charge on any atom is 0.341 e. The van der Waals surface area contributed by atoms with Crippen LogP contribution in [-0.4, -0.2) is 43.1 Å². The first kappa shape index (κ1) is 18.5. The van der Waals surface area contributed by atoms with Crippen LogP contribution in [0.3, 0.4) is 0 Å². The Kier molecular flexibility index (Phi) is 6.85. The van der Waals surface area contributed by atoms with Crippen LogP contribution in [0.4, 0.5) is 11.5 Å². The molecule has 1 aromatic heterocycles. The van der Waals surface area contributed by atoms with Gasteiger partial charge in [-0.15, -0.1) is 0 Å². The number of esters is 1. The van der Waals surface area contributed by atoms with E-state index in [1.165, 1.54) is 0 Å². The van der Waals surface area contributed by atoms with Gasteiger partial charge in [0.1, 0.15) is 11.4 Å². The van der Waals surface area contributed by atoms with Crippen LogP contribution in [0.2, 0.25) is 10.0 Å². The first-order chi connectivity index (χ1) is 11.5. The van der Waals surface area contributed by atoms with Crippen molar-refractivity contribution >= 4 is 40.7 Å². The molecule has 1 aromatic carbocycles. The highest BCUT2D eigenvalue weighted by atomic mass is 35.5. The van der Waals surface area contributed by atoms with Crippen LogP contribution in [0.1, 0.15) is 16.8 Å². The average Bonchev–Trinajstić information content (AvgIpc) is 2.50. The molecule has 0 unspecified atom stereocenters. The minimum atomic E-state index is -0.419. The molecule has 0 spiro atoms. The van der Waals surface area contributed by atoms with Gasteiger partial charge in [-0.1, -0.05) is 23.2 Å². The Balaban J connectivity index is 2.07. The van der Waals surface area contributed by atoms with Crippen LogP contribution < -0.4 is 5.32 Å². The van der Waals surface area contributed by atoms with Gasteiger partial charge in [0.05, 0.1) is 6.61 Å². The standard InChI is InChI=1S/C17H19Cl2N3O2/c1-22(2)7-4-8-24-17(23)15-5-3-6-20-16(15)21-14-10-12(18)9-13(19)11-14/h3,5-6,9-11H,4,7-8H2,1-2H3,(H,20,21). The van der Waals surface area contributed by atoms with Gasteiger partial charge in [0.2, 0.25) is 0 Å². The Morgan fingerprint density at radius 3 is 2.62 bits per heavy atom. The highest BCUT2D eigenvalue weighted by Crippen LogP contribution is 2.26. The zero-order chi connectivity index (χ0) is 17.5. The molecule has 0 aliphatic heterocycles. The third-order valence-electron chi connectivity index (χ3n) is 3.14. The Morgan fingerprint density at radius 2 is 1.96 bits per heavy atom. The predicted molar refractivity (Wildman–Crippen MR) is 97.4 cm³/mol. The third kappa shape index (κ3) is 5.67. The van der Waals surface area contributed by atoms with Gasteiger partial charge in [-0.25, -0.2) is 9.78 Å². The molecule has 24 heavy (non-hydrogen) atoms. The molecule has 0 saturated heterocycles. The van der Waals surface area contributed by atoms with Crippen LogP contribution in [0.15, 0.2) is 36.5 Å². The molecular weight excluding hydrogens is 349 g/mol. The van der Waals surface area contributed by atoms with Crippen LogP contribution in [0.25, 0.3) is 0 Å². The molecule has 0 saturated carbocycles. The summed E-state index contributed by atoms with van der Waals surface area (Å²) in [5.41, 5.74) is 1.01. The molecule has 2 aromatic rings. The van der Waals surface area contributed by atoms with E-state index < -0.39 is 5.97 Å². The fourth-order valence-electron chi connectivity index (χ4n) is 2.06. The summed E-state index contributed by atoms with van der Waals surface area (Å²) in [5.74, 6) is -0.0223. The molecule has 0 aliphatic carbocycles. The summed E-state index contributed by atoms with van der Waals surface area (Å²) in [6.45, 7) is 1.21. The number of ether oxygens (including phenoxy) is 1. The van der Waals surface area contributed by atoms with Gasteiger partial charge in [0.25, 0.3) is 0 Å². The van der Waals surface area contributed by atoms with E-state index in [0.717, 1.165) is 13.0 Å². The van der Waals surface area contributed by atoms with E-state index in [0.29, 0.717) is 33.7 Å². The maximum absolute atomic E-state index is 12.3. The van der Waals surface area contributed by atoms with Crippen molar-refractivity contribution in [2.24, 2.45) is 0 Å². The molecule has 1 heterocycles. The van der Waals surface area contributed by atoms with Crippen molar-refractivity contribution in [3.05, 3.63) is 52.1 Å². The van der Waals surface area contributed by atoms with Crippen molar-refractivity contribution in [3.63, 3.8) is 0 Å². The highest BCUT2D eigenvalue weighted by molar-refractivity contribution is 6.35. The molecule has 0 amide bonds. The number of aromatic nitrogens is 1. The van der Waals surface area contributed by atoms with Crippen molar-refractivity contribution in [2.75, 3.05) is 32.6 Å². The van der Waals surface area contributed by atoms with Crippen molar-refractivity contribution < 1.29 is 9.53 Å². The van der Waals surface area contributed by atoms with Crippen molar-refractivity contribution in [1.82, 2.24) is 9.88 Å². The van der Waals surface area contributed by atoms with Gasteiger partial charge in [-0.05, 0) is 50.8 Å². The summed E-state index contributed by atoms with van der Waals surface area (Å²) in [6, 6.07) is 8.39. The monoisotopic (exact) mass is 367 g/mol. The van der Waals surface area contributed by atoms with Gasteiger partial charge < -0.3 is 15.0 Å². The second-order valence-electron chi connectivity index (χ2n) is 5.48. The highest BCUT2D eigenvalue weighted by Gasteiger charge is 2.14. The smallest absolute Gasteiger partial charge is 0.341 e.